The molecular formula is C18H21N. The fourth-order valence-corrected chi connectivity index (χ4v) is 3.20. The van der Waals surface area contributed by atoms with Crippen LogP contribution in [0.3, 0.4) is 0 Å². The summed E-state index contributed by atoms with van der Waals surface area (Å²) in [5.74, 6) is 0.599. The Labute approximate surface area is 115 Å². The van der Waals surface area contributed by atoms with E-state index in [1.807, 2.05) is 0 Å². The fraction of sp³-hybridized carbons (Fsp3) is 0.333. The van der Waals surface area contributed by atoms with Crippen LogP contribution in [0.4, 0.5) is 0 Å². The molecule has 1 aliphatic heterocycles. The molecule has 1 heteroatoms. The van der Waals surface area contributed by atoms with Crippen molar-refractivity contribution in [2.45, 2.75) is 32.2 Å². The Balaban J connectivity index is 1.98. The lowest BCUT2D eigenvalue weighted by molar-refractivity contribution is 0.574. The van der Waals surface area contributed by atoms with Gasteiger partial charge in [-0.05, 0) is 49.1 Å². The molecule has 0 saturated carbocycles. The van der Waals surface area contributed by atoms with E-state index < -0.39 is 0 Å². The zero-order valence-electron chi connectivity index (χ0n) is 11.7. The second-order valence-corrected chi connectivity index (χ2v) is 5.53. The molecule has 0 aromatic heterocycles. The summed E-state index contributed by atoms with van der Waals surface area (Å²) in [6, 6.07) is 18.0. The van der Waals surface area contributed by atoms with Gasteiger partial charge in [-0.25, -0.2) is 0 Å². The van der Waals surface area contributed by atoms with E-state index in [1.165, 1.54) is 28.7 Å². The number of aryl methyl sites for hydroxylation is 1. The van der Waals surface area contributed by atoms with Crippen molar-refractivity contribution in [1.29, 1.82) is 0 Å². The SMILES string of the molecule is Cc1cccc(C2NCCC2c2ccccc2)c1C. The van der Waals surface area contributed by atoms with Gasteiger partial charge in [-0.2, -0.15) is 0 Å². The Kier molecular flexibility index (Phi) is 3.39. The molecule has 1 saturated heterocycles. The van der Waals surface area contributed by atoms with Crippen molar-refractivity contribution in [3.05, 3.63) is 70.8 Å². The molecule has 1 fully saturated rings. The van der Waals surface area contributed by atoms with Crippen molar-refractivity contribution in [2.24, 2.45) is 0 Å². The molecular weight excluding hydrogens is 230 g/mol. The van der Waals surface area contributed by atoms with E-state index in [9.17, 15) is 0 Å². The molecule has 0 radical (unpaired) electrons. The highest BCUT2D eigenvalue weighted by atomic mass is 15.0. The first-order valence-corrected chi connectivity index (χ1v) is 7.12. The Morgan fingerprint density at radius 3 is 2.53 bits per heavy atom. The molecule has 0 aliphatic carbocycles. The molecule has 2 aromatic rings. The minimum Gasteiger partial charge on any atom is -0.309 e. The first kappa shape index (κ1) is 12.4. The van der Waals surface area contributed by atoms with E-state index in [1.54, 1.807) is 0 Å². The number of rotatable bonds is 2. The molecule has 98 valence electrons. The van der Waals surface area contributed by atoms with Gasteiger partial charge in [-0.15, -0.1) is 0 Å². The highest BCUT2D eigenvalue weighted by Gasteiger charge is 2.30. The van der Waals surface area contributed by atoms with Gasteiger partial charge in [0.05, 0.1) is 0 Å². The van der Waals surface area contributed by atoms with Gasteiger partial charge in [-0.3, -0.25) is 0 Å². The van der Waals surface area contributed by atoms with Crippen LogP contribution < -0.4 is 5.32 Å². The third-order valence-corrected chi connectivity index (χ3v) is 4.43. The van der Waals surface area contributed by atoms with Crippen LogP contribution in [0.1, 0.15) is 40.6 Å². The number of benzene rings is 2. The maximum Gasteiger partial charge on any atom is 0.0392 e. The van der Waals surface area contributed by atoms with E-state index in [4.69, 9.17) is 0 Å². The van der Waals surface area contributed by atoms with Crippen molar-refractivity contribution in [3.63, 3.8) is 0 Å². The lowest BCUT2D eigenvalue weighted by Crippen LogP contribution is -2.18. The van der Waals surface area contributed by atoms with Gasteiger partial charge < -0.3 is 5.32 Å². The van der Waals surface area contributed by atoms with E-state index >= 15 is 0 Å². The van der Waals surface area contributed by atoms with Crippen LogP contribution >= 0.6 is 0 Å². The van der Waals surface area contributed by atoms with Crippen molar-refractivity contribution < 1.29 is 0 Å². The minimum atomic E-state index is 0.460. The quantitative estimate of drug-likeness (QED) is 0.846. The van der Waals surface area contributed by atoms with Gasteiger partial charge in [-0.1, -0.05) is 48.5 Å². The van der Waals surface area contributed by atoms with Gasteiger partial charge in [0.25, 0.3) is 0 Å². The maximum absolute atomic E-state index is 3.69. The molecule has 3 rings (SSSR count). The highest BCUT2D eigenvalue weighted by molar-refractivity contribution is 5.38. The van der Waals surface area contributed by atoms with Crippen LogP contribution in [0.5, 0.6) is 0 Å². The Morgan fingerprint density at radius 1 is 0.947 bits per heavy atom. The third kappa shape index (κ3) is 2.31. The fourth-order valence-electron chi connectivity index (χ4n) is 3.20. The van der Waals surface area contributed by atoms with Crippen LogP contribution in [-0.4, -0.2) is 6.54 Å². The molecule has 1 aliphatic rings. The average Bonchev–Trinajstić information content (AvgIpc) is 2.92. The van der Waals surface area contributed by atoms with Crippen molar-refractivity contribution in [2.75, 3.05) is 6.54 Å². The molecule has 2 aromatic carbocycles. The predicted molar refractivity (Wildman–Crippen MR) is 80.5 cm³/mol. The molecule has 0 amide bonds. The zero-order chi connectivity index (χ0) is 13.2. The summed E-state index contributed by atoms with van der Waals surface area (Å²) < 4.78 is 0. The summed E-state index contributed by atoms with van der Waals surface area (Å²) in [5.41, 5.74) is 5.74. The van der Waals surface area contributed by atoms with Crippen LogP contribution in [0.25, 0.3) is 0 Å². The van der Waals surface area contributed by atoms with Crippen LogP contribution in [0.2, 0.25) is 0 Å². The summed E-state index contributed by atoms with van der Waals surface area (Å²) in [7, 11) is 0. The summed E-state index contributed by atoms with van der Waals surface area (Å²) in [5, 5.41) is 3.69. The van der Waals surface area contributed by atoms with E-state index in [0.29, 0.717) is 12.0 Å². The van der Waals surface area contributed by atoms with Crippen LogP contribution in [0, 0.1) is 13.8 Å². The summed E-state index contributed by atoms with van der Waals surface area (Å²) in [6.45, 7) is 5.55. The van der Waals surface area contributed by atoms with Gasteiger partial charge in [0, 0.05) is 12.0 Å². The molecule has 1 N–H and O–H groups in total. The lowest BCUT2D eigenvalue weighted by Gasteiger charge is -2.23. The molecule has 0 spiro atoms. The molecule has 19 heavy (non-hydrogen) atoms. The maximum atomic E-state index is 3.69. The predicted octanol–water partition coefficient (Wildman–Crippen LogP) is 4.12. The third-order valence-electron chi connectivity index (χ3n) is 4.43. The van der Waals surface area contributed by atoms with E-state index in [0.717, 1.165) is 6.54 Å². The summed E-state index contributed by atoms with van der Waals surface area (Å²) >= 11 is 0. The van der Waals surface area contributed by atoms with Gasteiger partial charge in [0.15, 0.2) is 0 Å². The lowest BCUT2D eigenvalue weighted by atomic mass is 9.85. The normalized spacial score (nSPS) is 22.6. The first-order valence-electron chi connectivity index (χ1n) is 7.12. The molecule has 2 atom stereocenters. The molecule has 1 nitrogen and oxygen atoms in total. The zero-order valence-corrected chi connectivity index (χ0v) is 11.7. The van der Waals surface area contributed by atoms with Gasteiger partial charge >= 0.3 is 0 Å². The largest absolute Gasteiger partial charge is 0.309 e. The van der Waals surface area contributed by atoms with Gasteiger partial charge in [0.2, 0.25) is 0 Å². The van der Waals surface area contributed by atoms with Crippen LogP contribution in [0.15, 0.2) is 48.5 Å². The smallest absolute Gasteiger partial charge is 0.0392 e. The van der Waals surface area contributed by atoms with Crippen molar-refractivity contribution in [1.82, 2.24) is 5.32 Å². The summed E-state index contributed by atoms with van der Waals surface area (Å²) in [6.07, 6.45) is 1.22. The van der Waals surface area contributed by atoms with E-state index in [-0.39, 0.29) is 0 Å². The second kappa shape index (κ2) is 5.18. The second-order valence-electron chi connectivity index (χ2n) is 5.53. The number of hydrogen-bond donors (Lipinski definition) is 1. The Morgan fingerprint density at radius 2 is 1.74 bits per heavy atom. The minimum absolute atomic E-state index is 0.460. The Bertz CT molecular complexity index is 559. The number of hydrogen-bond acceptors (Lipinski definition) is 1. The standard InChI is InChI=1S/C18H21N/c1-13-7-6-10-16(14(13)2)18-17(11-12-19-18)15-8-4-3-5-9-15/h3-10,17-19H,11-12H2,1-2H3. The molecule has 1 heterocycles. The van der Waals surface area contributed by atoms with Crippen LogP contribution in [-0.2, 0) is 0 Å². The van der Waals surface area contributed by atoms with Crippen molar-refractivity contribution in [3.8, 4) is 0 Å². The van der Waals surface area contributed by atoms with E-state index in [2.05, 4.69) is 67.7 Å². The molecule has 2 unspecified atom stereocenters. The average molecular weight is 251 g/mol. The van der Waals surface area contributed by atoms with Crippen molar-refractivity contribution >= 4 is 0 Å². The summed E-state index contributed by atoms with van der Waals surface area (Å²) in [4.78, 5) is 0. The first-order chi connectivity index (χ1) is 9.27. The molecule has 0 bridgehead atoms. The monoisotopic (exact) mass is 251 g/mol. The topological polar surface area (TPSA) is 12.0 Å². The highest BCUT2D eigenvalue weighted by Crippen LogP contribution is 2.39. The van der Waals surface area contributed by atoms with Gasteiger partial charge in [0.1, 0.15) is 0 Å². The number of nitrogens with one attached hydrogen (secondary N) is 1. The Hall–Kier alpha value is -1.60.